The third-order valence-corrected chi connectivity index (χ3v) is 6.17. The highest BCUT2D eigenvalue weighted by molar-refractivity contribution is 5.48. The first kappa shape index (κ1) is 34.5. The van der Waals surface area contributed by atoms with Crippen LogP contribution in [0.3, 0.4) is 0 Å². The predicted octanol–water partition coefficient (Wildman–Crippen LogP) is 10.5. The van der Waals surface area contributed by atoms with E-state index in [1.807, 2.05) is 60.7 Å². The summed E-state index contributed by atoms with van der Waals surface area (Å²) in [6, 6.07) is 15.9. The molecule has 0 fully saturated rings. The average Bonchev–Trinajstić information content (AvgIpc) is 2.96. The minimum absolute atomic E-state index is 0.128. The molecule has 2 rings (SSSR count). The second-order valence-electron chi connectivity index (χ2n) is 9.73. The van der Waals surface area contributed by atoms with E-state index in [-0.39, 0.29) is 12.6 Å². The van der Waals surface area contributed by atoms with Gasteiger partial charge in [-0.25, -0.2) is 0 Å². The topological polar surface area (TPSA) is 36.9 Å². The van der Waals surface area contributed by atoms with Crippen LogP contribution in [0.2, 0.25) is 0 Å². The molecule has 0 bridgehead atoms. The van der Waals surface area contributed by atoms with Crippen LogP contribution in [0.15, 0.2) is 61.7 Å². The number of ether oxygens (including phenoxy) is 4. The zero-order chi connectivity index (χ0) is 28.6. The fourth-order valence-corrected chi connectivity index (χ4v) is 3.80. The highest BCUT2D eigenvalue weighted by Gasteiger charge is 2.10. The van der Waals surface area contributed by atoms with E-state index in [1.54, 1.807) is 0 Å². The average molecular weight is 539 g/mol. The van der Waals surface area contributed by atoms with E-state index < -0.39 is 0 Å². The van der Waals surface area contributed by atoms with Crippen LogP contribution >= 0.6 is 0 Å². The van der Waals surface area contributed by atoms with Crippen LogP contribution < -0.4 is 9.47 Å². The second-order valence-corrected chi connectivity index (χ2v) is 9.73. The number of unbranched alkanes of at least 4 members (excludes halogenated alkanes) is 5. The first-order chi connectivity index (χ1) is 19.1. The van der Waals surface area contributed by atoms with Gasteiger partial charge in [-0.3, -0.25) is 0 Å². The lowest BCUT2D eigenvalue weighted by molar-refractivity contribution is -0.0859. The van der Waals surface area contributed by atoms with Gasteiger partial charge in [0, 0.05) is 12.8 Å². The van der Waals surface area contributed by atoms with Crippen LogP contribution in [0.25, 0.3) is 12.2 Å². The van der Waals surface area contributed by atoms with Crippen LogP contribution in [-0.4, -0.2) is 25.8 Å². The summed E-state index contributed by atoms with van der Waals surface area (Å²) in [5.74, 6) is 1.72. The fourth-order valence-electron chi connectivity index (χ4n) is 3.80. The molecule has 4 nitrogen and oxygen atoms in total. The molecule has 0 heterocycles. The van der Waals surface area contributed by atoms with Crippen molar-refractivity contribution < 1.29 is 18.9 Å². The molecule has 0 radical (unpaired) electrons. The van der Waals surface area contributed by atoms with Gasteiger partial charge in [-0.05, 0) is 48.2 Å². The molecule has 218 valence electrons. The van der Waals surface area contributed by atoms with Crippen LogP contribution in [0.5, 0.6) is 11.5 Å². The second kappa shape index (κ2) is 23.3. The summed E-state index contributed by atoms with van der Waals surface area (Å²) in [6.45, 7) is 17.8. The van der Waals surface area contributed by atoms with E-state index in [2.05, 4.69) is 40.9 Å². The fraction of sp³-hybridized carbons (Fsp3) is 0.543. The predicted molar refractivity (Wildman–Crippen MR) is 167 cm³/mol. The molecule has 39 heavy (non-hydrogen) atoms. The third-order valence-electron chi connectivity index (χ3n) is 6.17. The molecule has 0 aliphatic heterocycles. The highest BCUT2D eigenvalue weighted by atomic mass is 16.7. The summed E-state index contributed by atoms with van der Waals surface area (Å²) >= 11 is 0. The molecule has 2 atom stereocenters. The summed E-state index contributed by atoms with van der Waals surface area (Å²) in [4.78, 5) is 0. The molecule has 4 heteroatoms. The molecule has 2 unspecified atom stereocenters. The lowest BCUT2D eigenvalue weighted by Crippen LogP contribution is -2.21. The van der Waals surface area contributed by atoms with E-state index in [0.29, 0.717) is 0 Å². The van der Waals surface area contributed by atoms with Gasteiger partial charge in [-0.2, -0.15) is 0 Å². The lowest BCUT2D eigenvalue weighted by atomic mass is 10.2. The van der Waals surface area contributed by atoms with E-state index >= 15 is 0 Å². The van der Waals surface area contributed by atoms with Gasteiger partial charge in [0.25, 0.3) is 0 Å². The molecule has 0 N–H and O–H groups in total. The number of hydrogen-bond acceptors (Lipinski definition) is 4. The Morgan fingerprint density at radius 1 is 0.538 bits per heavy atom. The van der Waals surface area contributed by atoms with Gasteiger partial charge in [0.2, 0.25) is 0 Å². The van der Waals surface area contributed by atoms with E-state index in [0.717, 1.165) is 74.4 Å². The van der Waals surface area contributed by atoms with Crippen LogP contribution in [0.1, 0.15) is 109 Å². The largest absolute Gasteiger partial charge is 0.465 e. The van der Waals surface area contributed by atoms with Crippen LogP contribution in [-0.2, 0) is 9.47 Å². The standard InChI is InChI=1S/C18H28O2.C17H26O2/c1-4-7-8-9-15-19-18(10-5-2)20-17-13-11-16(6-3)12-14-17;1-4-7-8-14-18-17(9-5-2)19-16-12-10-15(6-3)11-13-16/h6,11-14,18H,3-5,7-10,15H2,1-2H3;6,10-13,17H,3-5,7-9,14H2,1-2H3. The monoisotopic (exact) mass is 538 g/mol. The first-order valence-corrected chi connectivity index (χ1v) is 15.1. The van der Waals surface area contributed by atoms with E-state index in [4.69, 9.17) is 18.9 Å². The molecule has 0 aliphatic carbocycles. The molecule has 0 saturated carbocycles. The third kappa shape index (κ3) is 16.9. The van der Waals surface area contributed by atoms with Gasteiger partial charge in [0.05, 0.1) is 13.2 Å². The van der Waals surface area contributed by atoms with Crippen LogP contribution in [0.4, 0.5) is 0 Å². The van der Waals surface area contributed by atoms with Gasteiger partial charge in [-0.1, -0.05) is 122 Å². The maximum Gasteiger partial charge on any atom is 0.199 e. The molecular weight excluding hydrogens is 484 g/mol. The van der Waals surface area contributed by atoms with E-state index in [1.165, 1.54) is 32.1 Å². The summed E-state index contributed by atoms with van der Waals surface area (Å²) < 4.78 is 23.4. The van der Waals surface area contributed by atoms with E-state index in [9.17, 15) is 0 Å². The molecule has 0 saturated heterocycles. The zero-order valence-corrected chi connectivity index (χ0v) is 25.2. The zero-order valence-electron chi connectivity index (χ0n) is 25.2. The molecular formula is C35H54O4. The quantitative estimate of drug-likeness (QED) is 0.117. The number of hydrogen-bond donors (Lipinski definition) is 0. The molecule has 0 spiro atoms. The Bertz CT molecular complexity index is 844. The minimum atomic E-state index is -0.129. The van der Waals surface area contributed by atoms with Crippen LogP contribution in [0, 0.1) is 0 Å². The van der Waals surface area contributed by atoms with Crippen molar-refractivity contribution in [1.82, 2.24) is 0 Å². The Labute approximate surface area is 239 Å². The summed E-state index contributed by atoms with van der Waals surface area (Å²) in [5.41, 5.74) is 2.20. The lowest BCUT2D eigenvalue weighted by Gasteiger charge is -2.19. The Kier molecular flexibility index (Phi) is 20.6. The molecule has 0 amide bonds. The molecule has 0 aliphatic rings. The summed E-state index contributed by atoms with van der Waals surface area (Å²) in [5, 5.41) is 0. The van der Waals surface area contributed by atoms with Crippen molar-refractivity contribution in [1.29, 1.82) is 0 Å². The maximum atomic E-state index is 5.90. The molecule has 2 aromatic rings. The Balaban J connectivity index is 0.000000391. The molecule has 0 aromatic heterocycles. The van der Waals surface area contributed by atoms with Gasteiger partial charge >= 0.3 is 0 Å². The molecule has 2 aromatic carbocycles. The Hall–Kier alpha value is -2.56. The van der Waals surface area contributed by atoms with Crippen molar-refractivity contribution in [3.63, 3.8) is 0 Å². The highest BCUT2D eigenvalue weighted by Crippen LogP contribution is 2.18. The normalized spacial score (nSPS) is 12.1. The van der Waals surface area contributed by atoms with Crippen molar-refractivity contribution in [3.8, 4) is 11.5 Å². The van der Waals surface area contributed by atoms with Gasteiger partial charge in [0.15, 0.2) is 12.6 Å². The van der Waals surface area contributed by atoms with Gasteiger partial charge < -0.3 is 18.9 Å². The maximum absolute atomic E-state index is 5.90. The Morgan fingerprint density at radius 3 is 1.28 bits per heavy atom. The van der Waals surface area contributed by atoms with Crippen molar-refractivity contribution in [2.75, 3.05) is 13.2 Å². The van der Waals surface area contributed by atoms with Crippen molar-refractivity contribution in [2.24, 2.45) is 0 Å². The summed E-state index contributed by atoms with van der Waals surface area (Å²) in [6.07, 6.45) is 15.8. The Morgan fingerprint density at radius 2 is 0.923 bits per heavy atom. The minimum Gasteiger partial charge on any atom is -0.465 e. The first-order valence-electron chi connectivity index (χ1n) is 15.1. The number of benzene rings is 2. The summed E-state index contributed by atoms with van der Waals surface area (Å²) in [7, 11) is 0. The number of rotatable bonds is 21. The van der Waals surface area contributed by atoms with Gasteiger partial charge in [-0.15, -0.1) is 0 Å². The van der Waals surface area contributed by atoms with Crippen molar-refractivity contribution in [2.45, 2.75) is 111 Å². The van der Waals surface area contributed by atoms with Crippen molar-refractivity contribution in [3.05, 3.63) is 72.8 Å². The van der Waals surface area contributed by atoms with Gasteiger partial charge in [0.1, 0.15) is 11.5 Å². The van der Waals surface area contributed by atoms with Crippen molar-refractivity contribution >= 4 is 12.2 Å². The SMILES string of the molecule is C=Cc1ccc(OC(CCC)OCCCCC)cc1.C=Cc1ccc(OC(CCC)OCCCCCC)cc1. The smallest absolute Gasteiger partial charge is 0.199 e.